The number of nitrogens with zero attached hydrogens (tertiary/aromatic N) is 2. The molecule has 0 aromatic heterocycles. The number of carbonyl (C=O) groups is 2. The van der Waals surface area contributed by atoms with E-state index in [0.29, 0.717) is 25.3 Å². The molecule has 1 saturated heterocycles. The van der Waals surface area contributed by atoms with E-state index in [0.717, 1.165) is 22.9 Å². The van der Waals surface area contributed by atoms with Crippen molar-refractivity contribution in [1.29, 1.82) is 0 Å². The zero-order valence-electron chi connectivity index (χ0n) is 13.7. The normalized spacial score (nSPS) is 13.6. The Morgan fingerprint density at radius 1 is 1.04 bits per heavy atom. The third kappa shape index (κ3) is 4.60. The Morgan fingerprint density at radius 3 is 2.44 bits per heavy atom. The van der Waals surface area contributed by atoms with Crippen LogP contribution in [0.3, 0.4) is 0 Å². The van der Waals surface area contributed by atoms with E-state index in [-0.39, 0.29) is 0 Å². The molecule has 0 atom stereocenters. The van der Waals surface area contributed by atoms with Crippen LogP contribution in [0.2, 0.25) is 0 Å². The molecule has 3 rings (SSSR count). The molecular weight excluding hydrogens is 384 g/mol. The minimum Gasteiger partial charge on any atom is -0.359 e. The summed E-state index contributed by atoms with van der Waals surface area (Å²) in [5.74, 6) is 0. The topological polar surface area (TPSA) is 49.9 Å². The first kappa shape index (κ1) is 17.5. The molecule has 0 saturated carbocycles. The molecule has 0 spiro atoms. The van der Waals surface area contributed by atoms with Crippen molar-refractivity contribution in [2.45, 2.75) is 19.4 Å². The van der Waals surface area contributed by atoms with Crippen molar-refractivity contribution in [3.63, 3.8) is 0 Å². The molecular formula is C19H19BrN2O3. The number of ether oxygens (including phenoxy) is 1. The van der Waals surface area contributed by atoms with Gasteiger partial charge in [-0.3, -0.25) is 4.90 Å². The van der Waals surface area contributed by atoms with Gasteiger partial charge in [0.2, 0.25) is 0 Å². The van der Waals surface area contributed by atoms with Gasteiger partial charge in [-0.15, -0.1) is 0 Å². The molecule has 2 amide bonds. The molecule has 5 nitrogen and oxygen atoms in total. The first-order valence-corrected chi connectivity index (χ1v) is 9.00. The summed E-state index contributed by atoms with van der Waals surface area (Å²) in [7, 11) is 0. The quantitative estimate of drug-likeness (QED) is 0.692. The van der Waals surface area contributed by atoms with Gasteiger partial charge < -0.3 is 9.64 Å². The lowest BCUT2D eigenvalue weighted by Crippen LogP contribution is -2.37. The number of hydrogen-bond acceptors (Lipinski definition) is 3. The van der Waals surface area contributed by atoms with Gasteiger partial charge in [-0.2, -0.15) is 0 Å². The number of anilines is 1. The van der Waals surface area contributed by atoms with Gasteiger partial charge in [0.1, 0.15) is 0 Å². The van der Waals surface area contributed by atoms with Gasteiger partial charge >= 0.3 is 12.2 Å². The van der Waals surface area contributed by atoms with E-state index >= 15 is 0 Å². The number of benzene rings is 2. The first-order valence-electron chi connectivity index (χ1n) is 8.21. The predicted octanol–water partition coefficient (Wildman–Crippen LogP) is 4.81. The molecule has 2 aromatic rings. The summed E-state index contributed by atoms with van der Waals surface area (Å²) in [5.41, 5.74) is 1.62. The van der Waals surface area contributed by atoms with Crippen LogP contribution < -0.4 is 4.90 Å². The molecule has 0 aliphatic carbocycles. The monoisotopic (exact) mass is 402 g/mol. The second-order valence-electron chi connectivity index (χ2n) is 5.88. The van der Waals surface area contributed by atoms with Crippen LogP contribution in [-0.2, 0) is 11.3 Å². The van der Waals surface area contributed by atoms with Gasteiger partial charge in [-0.25, -0.2) is 9.59 Å². The maximum absolute atomic E-state index is 12.7. The Balaban J connectivity index is 1.79. The van der Waals surface area contributed by atoms with Crippen molar-refractivity contribution in [1.82, 2.24) is 4.90 Å². The van der Waals surface area contributed by atoms with Crippen LogP contribution in [0.4, 0.5) is 15.3 Å². The molecule has 2 aromatic carbocycles. The van der Waals surface area contributed by atoms with E-state index in [1.165, 1.54) is 4.90 Å². The highest BCUT2D eigenvalue weighted by atomic mass is 79.9. The van der Waals surface area contributed by atoms with Crippen molar-refractivity contribution in [2.24, 2.45) is 0 Å². The summed E-state index contributed by atoms with van der Waals surface area (Å²) in [4.78, 5) is 27.9. The fraction of sp³-hybridized carbons (Fsp3) is 0.263. The van der Waals surface area contributed by atoms with E-state index < -0.39 is 12.2 Å². The Bertz CT molecular complexity index is 745. The molecule has 0 unspecified atom stereocenters. The Kier molecular flexibility index (Phi) is 5.71. The Morgan fingerprint density at radius 2 is 1.76 bits per heavy atom. The molecule has 1 aliphatic heterocycles. The smallest absolute Gasteiger partial charge is 0.359 e. The van der Waals surface area contributed by atoms with Gasteiger partial charge in [0.15, 0.2) is 0 Å². The summed E-state index contributed by atoms with van der Waals surface area (Å²) in [6, 6.07) is 17.0. The highest BCUT2D eigenvalue weighted by molar-refractivity contribution is 9.10. The zero-order chi connectivity index (χ0) is 17.6. The SMILES string of the molecule is O=C(OC(=O)N(Cc1ccccc1)c1cccc(Br)c1)N1CCCC1. The number of hydrogen-bond donors (Lipinski definition) is 0. The van der Waals surface area contributed by atoms with Crippen LogP contribution in [-0.4, -0.2) is 30.2 Å². The van der Waals surface area contributed by atoms with Crippen molar-refractivity contribution in [3.8, 4) is 0 Å². The highest BCUT2D eigenvalue weighted by Crippen LogP contribution is 2.23. The van der Waals surface area contributed by atoms with Crippen LogP contribution in [0.5, 0.6) is 0 Å². The largest absolute Gasteiger partial charge is 0.423 e. The second kappa shape index (κ2) is 8.16. The first-order chi connectivity index (χ1) is 12.1. The van der Waals surface area contributed by atoms with Crippen molar-refractivity contribution in [3.05, 3.63) is 64.6 Å². The summed E-state index contributed by atoms with van der Waals surface area (Å²) >= 11 is 3.42. The molecule has 6 heteroatoms. The van der Waals surface area contributed by atoms with Crippen LogP contribution in [0.1, 0.15) is 18.4 Å². The van der Waals surface area contributed by atoms with Gasteiger partial charge in [0.25, 0.3) is 0 Å². The lowest BCUT2D eigenvalue weighted by atomic mass is 10.2. The third-order valence-electron chi connectivity index (χ3n) is 4.06. The minimum atomic E-state index is -0.668. The minimum absolute atomic E-state index is 0.323. The summed E-state index contributed by atoms with van der Waals surface area (Å²) < 4.78 is 5.97. The van der Waals surface area contributed by atoms with E-state index in [9.17, 15) is 9.59 Å². The molecule has 130 valence electrons. The summed E-state index contributed by atoms with van der Waals surface area (Å²) in [6.07, 6.45) is 0.653. The number of amides is 2. The molecule has 1 heterocycles. The molecule has 1 aliphatic rings. The predicted molar refractivity (Wildman–Crippen MR) is 99.5 cm³/mol. The fourth-order valence-electron chi connectivity index (χ4n) is 2.77. The fourth-order valence-corrected chi connectivity index (χ4v) is 3.15. The average molecular weight is 403 g/mol. The number of halogens is 1. The maximum Gasteiger partial charge on any atom is 0.423 e. The molecule has 0 bridgehead atoms. The highest BCUT2D eigenvalue weighted by Gasteiger charge is 2.26. The molecule has 0 N–H and O–H groups in total. The van der Waals surface area contributed by atoms with Gasteiger partial charge in [0.05, 0.1) is 6.54 Å². The molecule has 25 heavy (non-hydrogen) atoms. The summed E-state index contributed by atoms with van der Waals surface area (Å²) in [6.45, 7) is 1.60. The number of carbonyl (C=O) groups excluding carboxylic acids is 2. The van der Waals surface area contributed by atoms with Crippen LogP contribution in [0.15, 0.2) is 59.1 Å². The van der Waals surface area contributed by atoms with Gasteiger partial charge in [-0.1, -0.05) is 52.3 Å². The van der Waals surface area contributed by atoms with Gasteiger partial charge in [-0.05, 0) is 36.6 Å². The summed E-state index contributed by atoms with van der Waals surface area (Å²) in [5, 5.41) is 0. The molecule has 0 radical (unpaired) electrons. The van der Waals surface area contributed by atoms with E-state index in [1.54, 1.807) is 4.90 Å². The molecule has 1 fully saturated rings. The van der Waals surface area contributed by atoms with Crippen LogP contribution in [0.25, 0.3) is 0 Å². The Labute approximate surface area is 155 Å². The lowest BCUT2D eigenvalue weighted by molar-refractivity contribution is 0.128. The van der Waals surface area contributed by atoms with E-state index in [4.69, 9.17) is 4.74 Å². The Hall–Kier alpha value is -2.34. The van der Waals surface area contributed by atoms with Crippen molar-refractivity contribution in [2.75, 3.05) is 18.0 Å². The van der Waals surface area contributed by atoms with E-state index in [2.05, 4.69) is 15.9 Å². The van der Waals surface area contributed by atoms with E-state index in [1.807, 2.05) is 54.6 Å². The number of likely N-dealkylation sites (tertiary alicyclic amines) is 1. The lowest BCUT2D eigenvalue weighted by Gasteiger charge is -2.23. The van der Waals surface area contributed by atoms with Crippen molar-refractivity contribution < 1.29 is 14.3 Å². The zero-order valence-corrected chi connectivity index (χ0v) is 15.3. The second-order valence-corrected chi connectivity index (χ2v) is 6.80. The van der Waals surface area contributed by atoms with Crippen LogP contribution in [0, 0.1) is 0 Å². The van der Waals surface area contributed by atoms with Crippen molar-refractivity contribution >= 4 is 33.8 Å². The van der Waals surface area contributed by atoms with Gasteiger partial charge in [0, 0.05) is 23.2 Å². The van der Waals surface area contributed by atoms with Crippen LogP contribution >= 0.6 is 15.9 Å². The third-order valence-corrected chi connectivity index (χ3v) is 4.56. The average Bonchev–Trinajstić information content (AvgIpc) is 3.15. The number of rotatable bonds is 3. The maximum atomic E-state index is 12.7. The standard InChI is InChI=1S/C19H19BrN2O3/c20-16-9-6-10-17(13-16)22(14-15-7-2-1-3-8-15)19(24)25-18(23)21-11-4-5-12-21/h1-3,6-10,13H,4-5,11-12,14H2.